The van der Waals surface area contributed by atoms with Gasteiger partial charge in [0, 0.05) is 23.6 Å². The van der Waals surface area contributed by atoms with E-state index in [1.54, 1.807) is 64.4 Å². The van der Waals surface area contributed by atoms with Crippen LogP contribution in [-0.4, -0.2) is 51.1 Å². The molecular formula is C30H32F3N5O6. The summed E-state index contributed by atoms with van der Waals surface area (Å²) < 4.78 is 58.5. The number of anilines is 2. The van der Waals surface area contributed by atoms with Crippen LogP contribution in [0.2, 0.25) is 0 Å². The molecule has 4 aromatic rings. The highest BCUT2D eigenvalue weighted by Crippen LogP contribution is 2.36. The molecule has 0 spiro atoms. The molecular weight excluding hydrogens is 583 g/mol. The summed E-state index contributed by atoms with van der Waals surface area (Å²) in [6.07, 6.45) is -7.76. The summed E-state index contributed by atoms with van der Waals surface area (Å²) >= 11 is 0. The molecule has 1 N–H and O–H groups in total. The third-order valence-corrected chi connectivity index (χ3v) is 6.06. The van der Waals surface area contributed by atoms with Crippen molar-refractivity contribution in [2.24, 2.45) is 0 Å². The largest absolute Gasteiger partial charge is 0.447 e. The van der Waals surface area contributed by atoms with E-state index in [4.69, 9.17) is 14.2 Å². The zero-order chi connectivity index (χ0) is 32.3. The first kappa shape index (κ1) is 32.0. The van der Waals surface area contributed by atoms with Crippen molar-refractivity contribution in [1.82, 2.24) is 14.5 Å². The average molecular weight is 616 g/mol. The fraction of sp³-hybridized carbons (Fsp3) is 0.367. The van der Waals surface area contributed by atoms with Crippen LogP contribution in [0.1, 0.15) is 52.7 Å². The molecule has 0 aliphatic rings. The van der Waals surface area contributed by atoms with E-state index in [2.05, 4.69) is 15.3 Å². The minimum atomic E-state index is -4.55. The molecule has 2 heterocycles. The lowest BCUT2D eigenvalue weighted by Crippen LogP contribution is -2.41. The topological polar surface area (TPSA) is 125 Å². The van der Waals surface area contributed by atoms with Crippen LogP contribution in [-0.2, 0) is 26.9 Å². The maximum Gasteiger partial charge on any atom is 0.425 e. The Morgan fingerprint density at radius 1 is 0.864 bits per heavy atom. The van der Waals surface area contributed by atoms with Gasteiger partial charge in [0.25, 0.3) is 0 Å². The van der Waals surface area contributed by atoms with E-state index in [1.807, 2.05) is 0 Å². The van der Waals surface area contributed by atoms with Crippen LogP contribution in [0.15, 0.2) is 48.7 Å². The van der Waals surface area contributed by atoms with Crippen LogP contribution in [0.25, 0.3) is 21.8 Å². The normalized spacial score (nSPS) is 11.8. The molecule has 0 atom stereocenters. The van der Waals surface area contributed by atoms with Gasteiger partial charge in [-0.3, -0.25) is 5.32 Å². The zero-order valence-electron chi connectivity index (χ0n) is 24.9. The first-order valence-electron chi connectivity index (χ1n) is 13.8. The molecule has 3 amide bonds. The molecule has 11 nitrogen and oxygen atoms in total. The number of hydrogen-bond acceptors (Lipinski definition) is 8. The van der Waals surface area contributed by atoms with Crippen LogP contribution >= 0.6 is 0 Å². The molecule has 0 unspecified atom stereocenters. The van der Waals surface area contributed by atoms with E-state index in [9.17, 15) is 27.6 Å². The number of rotatable bonds is 7. The number of imide groups is 1. The van der Waals surface area contributed by atoms with Crippen LogP contribution in [0.3, 0.4) is 0 Å². The minimum absolute atomic E-state index is 0.0416. The molecule has 44 heavy (non-hydrogen) atoms. The molecule has 0 bridgehead atoms. The molecule has 4 rings (SSSR count). The van der Waals surface area contributed by atoms with E-state index >= 15 is 0 Å². The Labute approximate surface area is 250 Å². The van der Waals surface area contributed by atoms with E-state index in [-0.39, 0.29) is 34.8 Å². The Bertz CT molecular complexity index is 1680. The highest BCUT2D eigenvalue weighted by molar-refractivity contribution is 6.19. The summed E-state index contributed by atoms with van der Waals surface area (Å²) in [5.41, 5.74) is -0.0567. The van der Waals surface area contributed by atoms with E-state index in [0.717, 1.165) is 6.07 Å². The van der Waals surface area contributed by atoms with Crippen molar-refractivity contribution in [2.45, 2.75) is 72.6 Å². The number of hydrogen-bond donors (Lipinski definition) is 1. The standard InChI is InChI=1S/C30H32F3N5O6/c1-16(2)42-27(39)36-26-34-22-11-12-23-20(13-14-37(23)15-19-9-7-8-10-21(19)30(31,32)33)24(22)25(35-26)38(28(40)43-17(3)4)29(41)44-18(5)6/h7-14,16-18H,15H2,1-6H3,(H,34,35,36,39). The van der Waals surface area contributed by atoms with Crippen LogP contribution in [0, 0.1) is 0 Å². The van der Waals surface area contributed by atoms with Gasteiger partial charge in [-0.15, -0.1) is 0 Å². The van der Waals surface area contributed by atoms with E-state index in [1.165, 1.54) is 24.3 Å². The maximum atomic E-state index is 13.7. The Balaban J connectivity index is 1.95. The Kier molecular flexibility index (Phi) is 9.30. The van der Waals surface area contributed by atoms with Gasteiger partial charge < -0.3 is 18.8 Å². The molecule has 234 valence electrons. The van der Waals surface area contributed by atoms with Gasteiger partial charge in [0.05, 0.1) is 34.8 Å². The number of halogens is 3. The monoisotopic (exact) mass is 615 g/mol. The fourth-order valence-corrected chi connectivity index (χ4v) is 4.45. The predicted octanol–water partition coefficient (Wildman–Crippen LogP) is 7.50. The lowest BCUT2D eigenvalue weighted by Gasteiger charge is -2.23. The summed E-state index contributed by atoms with van der Waals surface area (Å²) in [6, 6.07) is 10.0. The van der Waals surface area contributed by atoms with Gasteiger partial charge in [-0.25, -0.2) is 19.4 Å². The Morgan fingerprint density at radius 3 is 2.07 bits per heavy atom. The third kappa shape index (κ3) is 7.18. The van der Waals surface area contributed by atoms with E-state index in [0.29, 0.717) is 15.8 Å². The molecule has 2 aromatic heterocycles. The smallest absolute Gasteiger partial charge is 0.425 e. The van der Waals surface area contributed by atoms with Crippen LogP contribution < -0.4 is 10.2 Å². The fourth-order valence-electron chi connectivity index (χ4n) is 4.45. The average Bonchev–Trinajstić information content (AvgIpc) is 3.29. The summed E-state index contributed by atoms with van der Waals surface area (Å²) in [6.45, 7) is 9.53. The number of benzene rings is 2. The second-order valence-corrected chi connectivity index (χ2v) is 10.6. The Hall–Kier alpha value is -4.88. The van der Waals surface area contributed by atoms with Crippen molar-refractivity contribution in [3.8, 4) is 0 Å². The van der Waals surface area contributed by atoms with Gasteiger partial charge in [-0.05, 0) is 71.4 Å². The highest BCUT2D eigenvalue weighted by Gasteiger charge is 2.34. The van der Waals surface area contributed by atoms with Gasteiger partial charge in [-0.1, -0.05) is 18.2 Å². The number of ether oxygens (including phenoxy) is 3. The predicted molar refractivity (Wildman–Crippen MR) is 157 cm³/mol. The second-order valence-electron chi connectivity index (χ2n) is 10.6. The molecule has 0 saturated carbocycles. The zero-order valence-corrected chi connectivity index (χ0v) is 24.9. The number of carbonyl (C=O) groups excluding carboxylic acids is 3. The number of fused-ring (bicyclic) bond motifs is 3. The number of alkyl halides is 3. The lowest BCUT2D eigenvalue weighted by atomic mass is 10.1. The van der Waals surface area contributed by atoms with Gasteiger partial charge in [-0.2, -0.15) is 23.1 Å². The van der Waals surface area contributed by atoms with E-state index < -0.39 is 48.3 Å². The summed E-state index contributed by atoms with van der Waals surface area (Å²) in [7, 11) is 0. The van der Waals surface area contributed by atoms with Gasteiger partial charge in [0.15, 0.2) is 5.82 Å². The number of nitrogens with zero attached hydrogens (tertiary/aromatic N) is 4. The minimum Gasteiger partial charge on any atom is -0.447 e. The number of amides is 3. The van der Waals surface area contributed by atoms with Crippen molar-refractivity contribution >= 4 is 51.9 Å². The van der Waals surface area contributed by atoms with Crippen molar-refractivity contribution < 1.29 is 41.8 Å². The second kappa shape index (κ2) is 12.8. The van der Waals surface area contributed by atoms with Crippen LogP contribution in [0.4, 0.5) is 39.3 Å². The molecule has 0 fully saturated rings. The summed E-state index contributed by atoms with van der Waals surface area (Å²) in [5, 5.41) is 3.00. The van der Waals surface area contributed by atoms with Crippen LogP contribution in [0.5, 0.6) is 0 Å². The maximum absolute atomic E-state index is 13.7. The van der Waals surface area contributed by atoms with Gasteiger partial charge >= 0.3 is 24.5 Å². The third-order valence-electron chi connectivity index (χ3n) is 6.06. The molecule has 0 saturated heterocycles. The van der Waals surface area contributed by atoms with Gasteiger partial charge in [0.2, 0.25) is 5.95 Å². The van der Waals surface area contributed by atoms with Crippen molar-refractivity contribution in [3.63, 3.8) is 0 Å². The number of nitrogens with one attached hydrogen (secondary N) is 1. The first-order chi connectivity index (χ1) is 20.6. The van der Waals surface area contributed by atoms with Gasteiger partial charge in [0.1, 0.15) is 0 Å². The Morgan fingerprint density at radius 2 is 1.48 bits per heavy atom. The number of carbonyl (C=O) groups is 3. The quantitative estimate of drug-likeness (QED) is 0.212. The van der Waals surface area contributed by atoms with Crippen molar-refractivity contribution in [3.05, 3.63) is 59.8 Å². The first-order valence-corrected chi connectivity index (χ1v) is 13.8. The molecule has 14 heteroatoms. The number of aromatic nitrogens is 3. The summed E-state index contributed by atoms with van der Waals surface area (Å²) in [5.74, 6) is -0.555. The SMILES string of the molecule is CC(C)OC(=O)Nc1nc(N(C(=O)OC(C)C)C(=O)OC(C)C)c2c(ccc3c2ccn3Cc2ccccc2C(F)(F)F)n1. The molecule has 0 aliphatic heterocycles. The summed E-state index contributed by atoms with van der Waals surface area (Å²) in [4.78, 5) is 48.4. The molecule has 0 radical (unpaired) electrons. The van der Waals surface area contributed by atoms with Crippen molar-refractivity contribution in [2.75, 3.05) is 10.2 Å². The molecule has 0 aliphatic carbocycles. The highest BCUT2D eigenvalue weighted by atomic mass is 19.4. The molecule has 2 aromatic carbocycles. The lowest BCUT2D eigenvalue weighted by molar-refractivity contribution is -0.138. The van der Waals surface area contributed by atoms with Crippen molar-refractivity contribution in [1.29, 1.82) is 0 Å².